The molecule has 3 rings (SSSR count). The Kier molecular flexibility index (Phi) is 7.00. The predicted octanol–water partition coefficient (Wildman–Crippen LogP) is 3.88. The Labute approximate surface area is 155 Å². The molecule has 25 heavy (non-hydrogen) atoms. The maximum absolute atomic E-state index is 12.1. The third-order valence-electron chi connectivity index (χ3n) is 5.36. The number of halogens is 1. The Hall–Kier alpha value is -1.26. The van der Waals surface area contributed by atoms with Gasteiger partial charge in [0.15, 0.2) is 6.61 Å². The standard InChI is InChI=1S/C20H29ClN2O2/c21-17-7-4-8-19(13-17)25-15-20(24)22-18-9-11-23(12-10-18)14-16-5-2-1-3-6-16/h4,7-8,13,16,18H,1-3,5-6,9-12,14-15H2,(H,22,24). The summed E-state index contributed by atoms with van der Waals surface area (Å²) in [5, 5.41) is 3.72. The number of nitrogens with zero attached hydrogens (tertiary/aromatic N) is 1. The molecule has 5 heteroatoms. The lowest BCUT2D eigenvalue weighted by Gasteiger charge is -2.35. The number of likely N-dealkylation sites (tertiary alicyclic amines) is 1. The molecule has 0 bridgehead atoms. The summed E-state index contributed by atoms with van der Waals surface area (Å²) in [4.78, 5) is 14.7. The van der Waals surface area contributed by atoms with E-state index in [0.29, 0.717) is 10.8 Å². The molecular formula is C20H29ClN2O2. The van der Waals surface area contributed by atoms with Gasteiger partial charge in [0.05, 0.1) is 0 Å². The van der Waals surface area contributed by atoms with Crippen LogP contribution in [0.25, 0.3) is 0 Å². The molecule has 138 valence electrons. The molecule has 1 aliphatic heterocycles. The van der Waals surface area contributed by atoms with E-state index in [1.54, 1.807) is 12.1 Å². The van der Waals surface area contributed by atoms with Gasteiger partial charge in [0.2, 0.25) is 0 Å². The first-order chi connectivity index (χ1) is 12.2. The van der Waals surface area contributed by atoms with Crippen molar-refractivity contribution < 1.29 is 9.53 Å². The van der Waals surface area contributed by atoms with E-state index in [2.05, 4.69) is 10.2 Å². The van der Waals surface area contributed by atoms with Crippen LogP contribution in [0, 0.1) is 5.92 Å². The van der Waals surface area contributed by atoms with Crippen LogP contribution in [0.1, 0.15) is 44.9 Å². The van der Waals surface area contributed by atoms with Crippen molar-refractivity contribution in [3.63, 3.8) is 0 Å². The molecule has 1 aromatic rings. The van der Waals surface area contributed by atoms with Crippen LogP contribution in [0.4, 0.5) is 0 Å². The second-order valence-electron chi connectivity index (χ2n) is 7.39. The predicted molar refractivity (Wildman–Crippen MR) is 101 cm³/mol. The quantitative estimate of drug-likeness (QED) is 0.832. The van der Waals surface area contributed by atoms with Gasteiger partial charge in [-0.3, -0.25) is 4.79 Å². The minimum absolute atomic E-state index is 0.0443. The lowest BCUT2D eigenvalue weighted by atomic mass is 9.88. The Balaban J connectivity index is 1.33. The van der Waals surface area contributed by atoms with Crippen LogP contribution in [-0.2, 0) is 4.79 Å². The molecule has 1 saturated carbocycles. The monoisotopic (exact) mass is 364 g/mol. The summed E-state index contributed by atoms with van der Waals surface area (Å²) < 4.78 is 5.50. The molecule has 1 heterocycles. The van der Waals surface area contributed by atoms with E-state index in [1.807, 2.05) is 12.1 Å². The molecule has 1 saturated heterocycles. The molecule has 1 aromatic carbocycles. The van der Waals surface area contributed by atoms with Gasteiger partial charge < -0.3 is 15.0 Å². The normalized spacial score (nSPS) is 20.4. The molecule has 0 radical (unpaired) electrons. The molecular weight excluding hydrogens is 336 g/mol. The van der Waals surface area contributed by atoms with E-state index in [9.17, 15) is 4.79 Å². The van der Waals surface area contributed by atoms with Gasteiger partial charge in [-0.1, -0.05) is 36.9 Å². The van der Waals surface area contributed by atoms with Gasteiger partial charge >= 0.3 is 0 Å². The fourth-order valence-electron chi connectivity index (χ4n) is 3.97. The van der Waals surface area contributed by atoms with Gasteiger partial charge in [-0.2, -0.15) is 0 Å². The smallest absolute Gasteiger partial charge is 0.258 e. The number of carbonyl (C=O) groups excluding carboxylic acids is 1. The minimum Gasteiger partial charge on any atom is -0.484 e. The number of ether oxygens (including phenoxy) is 1. The summed E-state index contributed by atoms with van der Waals surface area (Å²) in [6, 6.07) is 7.41. The van der Waals surface area contributed by atoms with Crippen molar-refractivity contribution in [3.8, 4) is 5.75 Å². The first-order valence-corrected chi connectivity index (χ1v) is 9.97. The Morgan fingerprint density at radius 2 is 1.92 bits per heavy atom. The highest BCUT2D eigenvalue weighted by Gasteiger charge is 2.23. The second-order valence-corrected chi connectivity index (χ2v) is 7.83. The van der Waals surface area contributed by atoms with Crippen LogP contribution in [0.2, 0.25) is 5.02 Å². The lowest BCUT2D eigenvalue weighted by molar-refractivity contribution is -0.124. The number of hydrogen-bond donors (Lipinski definition) is 1. The summed E-state index contributed by atoms with van der Waals surface area (Å²) in [6.45, 7) is 3.48. The molecule has 0 spiro atoms. The SMILES string of the molecule is O=C(COc1cccc(Cl)c1)NC1CCN(CC2CCCCC2)CC1. The summed E-state index contributed by atoms with van der Waals surface area (Å²) in [5.74, 6) is 1.47. The van der Waals surface area contributed by atoms with E-state index in [-0.39, 0.29) is 18.6 Å². The van der Waals surface area contributed by atoms with E-state index < -0.39 is 0 Å². The number of amides is 1. The van der Waals surface area contributed by atoms with Crippen molar-refractivity contribution in [2.75, 3.05) is 26.2 Å². The number of carbonyl (C=O) groups is 1. The van der Waals surface area contributed by atoms with Gasteiger partial charge in [-0.05, 0) is 49.8 Å². The van der Waals surface area contributed by atoms with Crippen LogP contribution in [0.5, 0.6) is 5.75 Å². The molecule has 0 aromatic heterocycles. The summed E-state index contributed by atoms with van der Waals surface area (Å²) >= 11 is 5.91. The second kappa shape index (κ2) is 9.44. The zero-order valence-electron chi connectivity index (χ0n) is 14.9. The van der Waals surface area contributed by atoms with Crippen LogP contribution in [0.3, 0.4) is 0 Å². The van der Waals surface area contributed by atoms with Crippen LogP contribution in [-0.4, -0.2) is 43.1 Å². The average Bonchev–Trinajstić information content (AvgIpc) is 2.63. The maximum atomic E-state index is 12.1. The van der Waals surface area contributed by atoms with Crippen molar-refractivity contribution >= 4 is 17.5 Å². The first-order valence-electron chi connectivity index (χ1n) is 9.59. The van der Waals surface area contributed by atoms with Gasteiger partial charge in [-0.25, -0.2) is 0 Å². The Morgan fingerprint density at radius 3 is 2.64 bits per heavy atom. The fraction of sp³-hybridized carbons (Fsp3) is 0.650. The molecule has 2 fully saturated rings. The lowest BCUT2D eigenvalue weighted by Crippen LogP contribution is -2.47. The highest BCUT2D eigenvalue weighted by molar-refractivity contribution is 6.30. The van der Waals surface area contributed by atoms with Crippen LogP contribution >= 0.6 is 11.6 Å². The van der Waals surface area contributed by atoms with Crippen LogP contribution < -0.4 is 10.1 Å². The van der Waals surface area contributed by atoms with E-state index in [1.165, 1.54) is 38.6 Å². The van der Waals surface area contributed by atoms with E-state index in [4.69, 9.17) is 16.3 Å². The van der Waals surface area contributed by atoms with Crippen molar-refractivity contribution in [3.05, 3.63) is 29.3 Å². The highest BCUT2D eigenvalue weighted by atomic mass is 35.5. The van der Waals surface area contributed by atoms with Gasteiger partial charge in [-0.15, -0.1) is 0 Å². The zero-order valence-corrected chi connectivity index (χ0v) is 15.6. The maximum Gasteiger partial charge on any atom is 0.258 e. The fourth-order valence-corrected chi connectivity index (χ4v) is 4.15. The van der Waals surface area contributed by atoms with Crippen molar-refractivity contribution in [2.45, 2.75) is 51.0 Å². The number of rotatable bonds is 6. The molecule has 2 aliphatic rings. The van der Waals surface area contributed by atoms with Gasteiger partial charge in [0.1, 0.15) is 5.75 Å². The molecule has 0 atom stereocenters. The average molecular weight is 365 g/mol. The third kappa shape index (κ3) is 6.19. The largest absolute Gasteiger partial charge is 0.484 e. The van der Waals surface area contributed by atoms with Crippen molar-refractivity contribution in [1.29, 1.82) is 0 Å². The number of benzene rings is 1. The first kappa shape index (κ1) is 18.5. The zero-order chi connectivity index (χ0) is 17.5. The number of piperidine rings is 1. The van der Waals surface area contributed by atoms with E-state index in [0.717, 1.165) is 31.8 Å². The molecule has 1 amide bonds. The van der Waals surface area contributed by atoms with Crippen LogP contribution in [0.15, 0.2) is 24.3 Å². The van der Waals surface area contributed by atoms with Gasteiger partial charge in [0, 0.05) is 30.7 Å². The minimum atomic E-state index is -0.0503. The summed E-state index contributed by atoms with van der Waals surface area (Å²) in [5.41, 5.74) is 0. The highest BCUT2D eigenvalue weighted by Crippen LogP contribution is 2.25. The van der Waals surface area contributed by atoms with Crippen molar-refractivity contribution in [1.82, 2.24) is 10.2 Å². The van der Waals surface area contributed by atoms with E-state index >= 15 is 0 Å². The van der Waals surface area contributed by atoms with Gasteiger partial charge in [0.25, 0.3) is 5.91 Å². The number of nitrogens with one attached hydrogen (secondary N) is 1. The molecule has 1 N–H and O–H groups in total. The Morgan fingerprint density at radius 1 is 1.16 bits per heavy atom. The number of hydrogen-bond acceptors (Lipinski definition) is 3. The third-order valence-corrected chi connectivity index (χ3v) is 5.59. The summed E-state index contributed by atoms with van der Waals surface area (Å²) in [7, 11) is 0. The summed E-state index contributed by atoms with van der Waals surface area (Å²) in [6.07, 6.45) is 9.11. The molecule has 4 nitrogen and oxygen atoms in total. The molecule has 1 aliphatic carbocycles. The topological polar surface area (TPSA) is 41.6 Å². The Bertz CT molecular complexity index is 552. The van der Waals surface area contributed by atoms with Crippen molar-refractivity contribution in [2.24, 2.45) is 5.92 Å². The molecule has 0 unspecified atom stereocenters.